The fourth-order valence-corrected chi connectivity index (χ4v) is 3.17. The van der Waals surface area contributed by atoms with Gasteiger partial charge in [0.1, 0.15) is 17.2 Å². The van der Waals surface area contributed by atoms with Gasteiger partial charge >= 0.3 is 0 Å². The van der Waals surface area contributed by atoms with Crippen molar-refractivity contribution in [3.05, 3.63) is 87.4 Å². The summed E-state index contributed by atoms with van der Waals surface area (Å²) in [5.74, 6) is 0.708. The van der Waals surface area contributed by atoms with E-state index in [0.29, 0.717) is 23.3 Å². The molecule has 4 rings (SSSR count). The molecule has 0 bridgehead atoms. The second-order valence-electron chi connectivity index (χ2n) is 7.08. The largest absolute Gasteiger partial charge is 0.497 e. The van der Waals surface area contributed by atoms with Crippen LogP contribution in [0.3, 0.4) is 0 Å². The van der Waals surface area contributed by atoms with Gasteiger partial charge in [0.15, 0.2) is 11.2 Å². The Bertz CT molecular complexity index is 1290. The predicted molar refractivity (Wildman–Crippen MR) is 114 cm³/mol. The number of rotatable bonds is 5. The summed E-state index contributed by atoms with van der Waals surface area (Å²) in [7, 11) is 1.61. The zero-order chi connectivity index (χ0) is 21.3. The molecule has 0 aliphatic carbocycles. The molecule has 7 nitrogen and oxygen atoms in total. The summed E-state index contributed by atoms with van der Waals surface area (Å²) in [6, 6.07) is 14.1. The van der Waals surface area contributed by atoms with Crippen LogP contribution in [0.1, 0.15) is 27.2 Å². The minimum absolute atomic E-state index is 0.0482. The molecule has 30 heavy (non-hydrogen) atoms. The van der Waals surface area contributed by atoms with E-state index < -0.39 is 5.91 Å². The number of aromatic nitrogens is 2. The Morgan fingerprint density at radius 3 is 2.57 bits per heavy atom. The zero-order valence-electron chi connectivity index (χ0n) is 16.9. The van der Waals surface area contributed by atoms with Gasteiger partial charge in [0, 0.05) is 12.1 Å². The smallest absolute Gasteiger partial charge is 0.292 e. The molecule has 2 heterocycles. The molecule has 0 aliphatic heterocycles. The third-order valence-electron chi connectivity index (χ3n) is 5.02. The van der Waals surface area contributed by atoms with Crippen molar-refractivity contribution in [3.8, 4) is 5.75 Å². The van der Waals surface area contributed by atoms with Crippen molar-refractivity contribution in [1.82, 2.24) is 9.78 Å². The van der Waals surface area contributed by atoms with E-state index in [2.05, 4.69) is 10.4 Å². The molecule has 1 amide bonds. The standard InChI is InChI=1S/C23H21N3O4/c1-14-10-18-19(27)12-21(30-20(18)11-15(14)2)23(28)25-22-8-9-24-26(22)13-16-4-6-17(29-3)7-5-16/h4-12H,13H2,1-3H3,(H,25,28). The summed E-state index contributed by atoms with van der Waals surface area (Å²) in [5.41, 5.74) is 3.12. The normalized spacial score (nSPS) is 10.9. The number of aryl methyl sites for hydroxylation is 2. The average molecular weight is 403 g/mol. The van der Waals surface area contributed by atoms with Crippen molar-refractivity contribution in [3.63, 3.8) is 0 Å². The van der Waals surface area contributed by atoms with Crippen LogP contribution in [0.25, 0.3) is 11.0 Å². The van der Waals surface area contributed by atoms with E-state index in [4.69, 9.17) is 9.15 Å². The number of nitrogens with one attached hydrogen (secondary N) is 1. The van der Waals surface area contributed by atoms with Gasteiger partial charge in [-0.05, 0) is 54.8 Å². The highest BCUT2D eigenvalue weighted by molar-refractivity contribution is 6.02. The monoisotopic (exact) mass is 403 g/mol. The molecule has 0 atom stereocenters. The lowest BCUT2D eigenvalue weighted by molar-refractivity contribution is 0.0996. The summed E-state index contributed by atoms with van der Waals surface area (Å²) in [6.07, 6.45) is 1.60. The Labute approximate surface area is 172 Å². The van der Waals surface area contributed by atoms with Crippen LogP contribution in [-0.4, -0.2) is 22.8 Å². The maximum Gasteiger partial charge on any atom is 0.292 e. The molecule has 1 N–H and O–H groups in total. The van der Waals surface area contributed by atoms with Gasteiger partial charge < -0.3 is 14.5 Å². The van der Waals surface area contributed by atoms with Gasteiger partial charge in [-0.1, -0.05) is 12.1 Å². The molecular formula is C23H21N3O4. The lowest BCUT2D eigenvalue weighted by Gasteiger charge is -2.10. The number of methoxy groups -OCH3 is 1. The summed E-state index contributed by atoms with van der Waals surface area (Å²) in [5, 5.41) is 7.50. The van der Waals surface area contributed by atoms with E-state index in [0.717, 1.165) is 22.4 Å². The summed E-state index contributed by atoms with van der Waals surface area (Å²) < 4.78 is 12.5. The number of hydrogen-bond donors (Lipinski definition) is 1. The van der Waals surface area contributed by atoms with Crippen LogP contribution in [0.2, 0.25) is 0 Å². The number of benzene rings is 2. The minimum Gasteiger partial charge on any atom is -0.497 e. The maximum absolute atomic E-state index is 12.7. The number of carbonyl (C=O) groups is 1. The SMILES string of the molecule is COc1ccc(Cn2nccc2NC(=O)c2cc(=O)c3cc(C)c(C)cc3o2)cc1. The first kappa shape index (κ1) is 19.4. The molecule has 0 fully saturated rings. The van der Waals surface area contributed by atoms with Crippen molar-refractivity contribution in [2.24, 2.45) is 0 Å². The first-order valence-electron chi connectivity index (χ1n) is 9.46. The molecule has 2 aromatic heterocycles. The Balaban J connectivity index is 1.58. The third kappa shape index (κ3) is 3.82. The molecule has 0 spiro atoms. The number of anilines is 1. The first-order valence-corrected chi connectivity index (χ1v) is 9.46. The predicted octanol–water partition coefficient (Wildman–Crippen LogP) is 3.92. The van der Waals surface area contributed by atoms with Crippen molar-refractivity contribution < 1.29 is 13.9 Å². The van der Waals surface area contributed by atoms with Crippen LogP contribution in [0.15, 0.2) is 63.9 Å². The van der Waals surface area contributed by atoms with E-state index >= 15 is 0 Å². The van der Waals surface area contributed by atoms with E-state index in [1.165, 1.54) is 6.07 Å². The average Bonchev–Trinajstić information content (AvgIpc) is 3.16. The molecule has 4 aromatic rings. The fraction of sp³-hybridized carbons (Fsp3) is 0.174. The van der Waals surface area contributed by atoms with Gasteiger partial charge in [-0.25, -0.2) is 4.68 Å². The molecule has 152 valence electrons. The van der Waals surface area contributed by atoms with E-state index in [1.807, 2.05) is 38.1 Å². The lowest BCUT2D eigenvalue weighted by Crippen LogP contribution is -2.18. The molecular weight excluding hydrogens is 382 g/mol. The second-order valence-corrected chi connectivity index (χ2v) is 7.08. The third-order valence-corrected chi connectivity index (χ3v) is 5.02. The van der Waals surface area contributed by atoms with E-state index in [1.54, 1.807) is 36.2 Å². The van der Waals surface area contributed by atoms with Crippen LogP contribution < -0.4 is 15.5 Å². The van der Waals surface area contributed by atoms with Gasteiger partial charge in [0.2, 0.25) is 0 Å². The molecule has 0 aliphatic rings. The summed E-state index contributed by atoms with van der Waals surface area (Å²) in [4.78, 5) is 25.2. The maximum atomic E-state index is 12.7. The molecule has 0 saturated heterocycles. The number of amides is 1. The summed E-state index contributed by atoms with van der Waals surface area (Å²) in [6.45, 7) is 4.32. The van der Waals surface area contributed by atoms with Crippen molar-refractivity contribution in [1.29, 1.82) is 0 Å². The highest BCUT2D eigenvalue weighted by atomic mass is 16.5. The molecule has 7 heteroatoms. The lowest BCUT2D eigenvalue weighted by atomic mass is 10.1. The minimum atomic E-state index is -0.510. The zero-order valence-corrected chi connectivity index (χ0v) is 16.9. The Morgan fingerprint density at radius 2 is 1.83 bits per heavy atom. The first-order chi connectivity index (χ1) is 14.4. The number of ether oxygens (including phenoxy) is 1. The topological polar surface area (TPSA) is 86.4 Å². The Morgan fingerprint density at radius 1 is 1.10 bits per heavy atom. The molecule has 2 aromatic carbocycles. The fourth-order valence-electron chi connectivity index (χ4n) is 3.17. The van der Waals surface area contributed by atoms with Crippen molar-refractivity contribution in [2.45, 2.75) is 20.4 Å². The number of hydrogen-bond acceptors (Lipinski definition) is 5. The van der Waals surface area contributed by atoms with Crippen LogP contribution in [0, 0.1) is 13.8 Å². The molecule has 0 saturated carbocycles. The van der Waals surface area contributed by atoms with E-state index in [9.17, 15) is 9.59 Å². The van der Waals surface area contributed by atoms with Gasteiger partial charge in [0.05, 0.1) is 25.2 Å². The Hall–Kier alpha value is -3.87. The molecule has 0 unspecified atom stereocenters. The number of carbonyl (C=O) groups excluding carboxylic acids is 1. The van der Waals surface area contributed by atoms with Crippen LogP contribution in [0.4, 0.5) is 5.82 Å². The van der Waals surface area contributed by atoms with E-state index in [-0.39, 0.29) is 11.2 Å². The number of nitrogens with zero attached hydrogens (tertiary/aromatic N) is 2. The summed E-state index contributed by atoms with van der Waals surface area (Å²) >= 11 is 0. The van der Waals surface area contributed by atoms with Gasteiger partial charge in [-0.15, -0.1) is 0 Å². The van der Waals surface area contributed by atoms with Crippen molar-refractivity contribution >= 4 is 22.7 Å². The second kappa shape index (κ2) is 7.87. The number of fused-ring (bicyclic) bond motifs is 1. The highest BCUT2D eigenvalue weighted by Gasteiger charge is 2.15. The molecule has 0 radical (unpaired) electrons. The van der Waals surface area contributed by atoms with Crippen LogP contribution >= 0.6 is 0 Å². The van der Waals surface area contributed by atoms with Gasteiger partial charge in [-0.2, -0.15) is 5.10 Å². The quantitative estimate of drug-likeness (QED) is 0.546. The van der Waals surface area contributed by atoms with Gasteiger partial charge in [-0.3, -0.25) is 9.59 Å². The Kier molecular flexibility index (Phi) is 5.10. The highest BCUT2D eigenvalue weighted by Crippen LogP contribution is 2.19. The van der Waals surface area contributed by atoms with Crippen molar-refractivity contribution in [2.75, 3.05) is 12.4 Å². The van der Waals surface area contributed by atoms with Crippen LogP contribution in [0.5, 0.6) is 5.75 Å². The van der Waals surface area contributed by atoms with Crippen LogP contribution in [-0.2, 0) is 6.54 Å². The van der Waals surface area contributed by atoms with Gasteiger partial charge in [0.25, 0.3) is 5.91 Å².